The molecule has 57 heavy (non-hydrogen) atoms. The molecule has 8 unspecified atom stereocenters. The van der Waals surface area contributed by atoms with E-state index >= 15 is 8.78 Å². The van der Waals surface area contributed by atoms with Gasteiger partial charge in [-0.3, -0.25) is 31.5 Å². The van der Waals surface area contributed by atoms with Crippen molar-refractivity contribution in [1.29, 1.82) is 0 Å². The lowest BCUT2D eigenvalue weighted by Crippen LogP contribution is -2.65. The fourth-order valence-corrected chi connectivity index (χ4v) is 9.42. The topological polar surface area (TPSA) is 130 Å². The van der Waals surface area contributed by atoms with Crippen LogP contribution in [0.4, 0.5) is 20.2 Å². The Morgan fingerprint density at radius 2 is 1.49 bits per heavy atom. The van der Waals surface area contributed by atoms with Crippen molar-refractivity contribution in [2.24, 2.45) is 0 Å². The molecule has 2 aromatic rings. The number of benzene rings is 2. The third-order valence-corrected chi connectivity index (χ3v) is 12.6. The van der Waals surface area contributed by atoms with Gasteiger partial charge in [0.15, 0.2) is 11.6 Å². The third-order valence-electron chi connectivity index (χ3n) is 12.6. The lowest BCUT2D eigenvalue weighted by molar-refractivity contribution is 0.189. The van der Waals surface area contributed by atoms with E-state index in [1.165, 1.54) is 0 Å². The summed E-state index contributed by atoms with van der Waals surface area (Å²) in [6.45, 7) is 13.2. The van der Waals surface area contributed by atoms with E-state index in [0.29, 0.717) is 66.2 Å². The molecule has 2 fully saturated rings. The second-order valence-electron chi connectivity index (χ2n) is 16.9. The Morgan fingerprint density at radius 1 is 0.807 bits per heavy atom. The summed E-state index contributed by atoms with van der Waals surface area (Å²) < 4.78 is 46.0. The second kappa shape index (κ2) is 17.9. The Labute approximate surface area is 337 Å². The van der Waals surface area contributed by atoms with Crippen LogP contribution in [-0.2, 0) is 12.8 Å². The molecular weight excluding hydrogens is 727 g/mol. The van der Waals surface area contributed by atoms with Crippen LogP contribution in [0.5, 0.6) is 11.5 Å². The molecule has 0 saturated carbocycles. The van der Waals surface area contributed by atoms with Crippen molar-refractivity contribution < 1.29 is 18.3 Å². The van der Waals surface area contributed by atoms with Gasteiger partial charge in [0, 0.05) is 61.7 Å². The first kappa shape index (κ1) is 40.4. The smallest absolute Gasteiger partial charge is 0.157 e. The second-order valence-corrected chi connectivity index (χ2v) is 16.9. The SMILES string of the molecule is CCN1CC=C(c2c(F)c(NC3NC(C)CC(NC)N3)cc3c2OC(CNC2CC(C)NC(Nc4cc5c(c(C6=CCNC(C)CC6)c4F)OCC5)N2)C3)CCC1. The van der Waals surface area contributed by atoms with Gasteiger partial charge < -0.3 is 30.7 Å². The van der Waals surface area contributed by atoms with Gasteiger partial charge in [0.25, 0.3) is 0 Å². The predicted molar refractivity (Wildman–Crippen MR) is 224 cm³/mol. The van der Waals surface area contributed by atoms with E-state index in [4.69, 9.17) is 9.47 Å². The number of nitrogens with zero attached hydrogens (tertiary/aromatic N) is 1. The largest absolute Gasteiger partial charge is 0.492 e. The number of hydrogen-bond acceptors (Lipinski definition) is 12. The molecule has 8 rings (SSSR count). The number of allylic oxidation sites excluding steroid dienone is 2. The molecule has 6 aliphatic rings. The Hall–Kier alpha value is -3.34. The number of likely N-dealkylation sites (N-methyl/N-ethyl adjacent to an activating group) is 1. The van der Waals surface area contributed by atoms with Crippen LogP contribution in [0.3, 0.4) is 0 Å². The molecule has 8 atom stereocenters. The van der Waals surface area contributed by atoms with Gasteiger partial charge in [-0.05, 0) is 103 Å². The normalized spacial score (nSPS) is 30.6. The highest BCUT2D eigenvalue weighted by Gasteiger charge is 2.35. The Morgan fingerprint density at radius 3 is 2.23 bits per heavy atom. The number of fused-ring (bicyclic) bond motifs is 2. The van der Waals surface area contributed by atoms with Crippen LogP contribution in [0.2, 0.25) is 0 Å². The maximum Gasteiger partial charge on any atom is 0.157 e. The van der Waals surface area contributed by atoms with Crippen molar-refractivity contribution in [1.82, 2.24) is 42.1 Å². The predicted octanol–water partition coefficient (Wildman–Crippen LogP) is 4.35. The minimum atomic E-state index is -0.369. The lowest BCUT2D eigenvalue weighted by atomic mass is 9.95. The van der Waals surface area contributed by atoms with Gasteiger partial charge in [-0.1, -0.05) is 19.1 Å². The molecule has 14 heteroatoms. The van der Waals surface area contributed by atoms with Gasteiger partial charge in [-0.25, -0.2) is 8.78 Å². The zero-order chi connectivity index (χ0) is 39.6. The molecule has 0 aliphatic carbocycles. The van der Waals surface area contributed by atoms with E-state index in [2.05, 4.69) is 92.6 Å². The zero-order valence-electron chi connectivity index (χ0n) is 34.3. The lowest BCUT2D eigenvalue weighted by Gasteiger charge is -2.38. The van der Waals surface area contributed by atoms with Crippen molar-refractivity contribution in [3.8, 4) is 11.5 Å². The maximum absolute atomic E-state index is 16.8. The number of rotatable bonds is 11. The van der Waals surface area contributed by atoms with E-state index in [0.717, 1.165) is 86.9 Å². The standard InChI is InChI=1S/C43H64F2N10O2/c1-6-55-15-7-8-27(12-16-55)37-39(45)33(52-42-49-25(3)18-34(46-5)53-42)22-30-20-31(57-41(30)37)23-48-35-19-26(4)50-43(54-35)51-32-21-29-13-17-56-40(29)36(38(32)44)28-10-9-24(2)47-14-11-28/h11-12,21-22,24-26,31,34-35,42-43,46-54H,6-10,13-20,23H2,1-5H3. The van der Waals surface area contributed by atoms with Gasteiger partial charge in [-0.15, -0.1) is 0 Å². The van der Waals surface area contributed by atoms with Gasteiger partial charge in [0.1, 0.15) is 30.2 Å². The molecule has 0 aromatic heterocycles. The van der Waals surface area contributed by atoms with E-state index in [1.54, 1.807) is 0 Å². The van der Waals surface area contributed by atoms with Gasteiger partial charge in [0.05, 0.1) is 41.4 Å². The van der Waals surface area contributed by atoms with E-state index < -0.39 is 0 Å². The quantitative estimate of drug-likeness (QED) is 0.161. The highest BCUT2D eigenvalue weighted by molar-refractivity contribution is 5.78. The monoisotopic (exact) mass is 791 g/mol. The molecule has 0 amide bonds. The molecule has 312 valence electrons. The molecular formula is C43H64F2N10O2. The van der Waals surface area contributed by atoms with Gasteiger partial charge >= 0.3 is 0 Å². The van der Waals surface area contributed by atoms with Crippen LogP contribution in [0, 0.1) is 11.6 Å². The van der Waals surface area contributed by atoms with Gasteiger partial charge in [-0.2, -0.15) is 0 Å². The Kier molecular flexibility index (Phi) is 12.7. The number of ether oxygens (including phenoxy) is 2. The van der Waals surface area contributed by atoms with Crippen molar-refractivity contribution in [3.05, 3.63) is 58.2 Å². The van der Waals surface area contributed by atoms with E-state index in [9.17, 15) is 0 Å². The van der Waals surface area contributed by atoms with E-state index in [1.807, 2.05) is 19.2 Å². The average molecular weight is 791 g/mol. The Balaban J connectivity index is 0.971. The van der Waals surface area contributed by atoms with Crippen LogP contribution >= 0.6 is 0 Å². The molecule has 0 spiro atoms. The molecule has 0 bridgehead atoms. The number of hydrogen-bond donors (Lipinski definition) is 9. The van der Waals surface area contributed by atoms with Crippen LogP contribution in [0.25, 0.3) is 11.1 Å². The first-order valence-corrected chi connectivity index (χ1v) is 21.5. The maximum atomic E-state index is 16.8. The van der Waals surface area contributed by atoms with Crippen LogP contribution < -0.4 is 57.3 Å². The molecule has 2 aromatic carbocycles. The van der Waals surface area contributed by atoms with Crippen molar-refractivity contribution in [2.45, 2.75) is 128 Å². The highest BCUT2D eigenvalue weighted by atomic mass is 19.1. The third kappa shape index (κ3) is 9.13. The minimum Gasteiger partial charge on any atom is -0.492 e. The average Bonchev–Trinajstić information content (AvgIpc) is 3.67. The molecule has 12 nitrogen and oxygen atoms in total. The molecule has 2 saturated heterocycles. The van der Waals surface area contributed by atoms with Crippen molar-refractivity contribution >= 4 is 22.5 Å². The number of nitrogens with one attached hydrogen (secondary N) is 9. The van der Waals surface area contributed by atoms with Gasteiger partial charge in [0.2, 0.25) is 0 Å². The summed E-state index contributed by atoms with van der Waals surface area (Å²) in [6, 6.07) is 4.65. The minimum absolute atomic E-state index is 0.0629. The summed E-state index contributed by atoms with van der Waals surface area (Å²) in [7, 11) is 1.94. The summed E-state index contributed by atoms with van der Waals surface area (Å²) in [5.74, 6) is 0.824. The molecule has 6 aliphatic heterocycles. The molecule has 0 radical (unpaired) electrons. The number of anilines is 2. The summed E-state index contributed by atoms with van der Waals surface area (Å²) in [4.78, 5) is 2.39. The molecule has 9 N–H and O–H groups in total. The summed E-state index contributed by atoms with van der Waals surface area (Å²) in [5, 5.41) is 31.7. The van der Waals surface area contributed by atoms with Crippen molar-refractivity contribution in [3.63, 3.8) is 0 Å². The number of halogens is 2. The zero-order valence-corrected chi connectivity index (χ0v) is 34.3. The fourth-order valence-electron chi connectivity index (χ4n) is 9.42. The summed E-state index contributed by atoms with van der Waals surface area (Å²) in [5.41, 5.74) is 6.20. The van der Waals surface area contributed by atoms with Crippen LogP contribution in [-0.4, -0.2) is 100 Å². The van der Waals surface area contributed by atoms with Crippen molar-refractivity contribution in [2.75, 3.05) is 57.0 Å². The van der Waals surface area contributed by atoms with Crippen LogP contribution in [0.15, 0.2) is 24.3 Å². The summed E-state index contributed by atoms with van der Waals surface area (Å²) >= 11 is 0. The van der Waals surface area contributed by atoms with E-state index in [-0.39, 0.29) is 54.7 Å². The first-order chi connectivity index (χ1) is 27.6. The first-order valence-electron chi connectivity index (χ1n) is 21.5. The summed E-state index contributed by atoms with van der Waals surface area (Å²) in [6.07, 6.45) is 10.2. The van der Waals surface area contributed by atoms with Crippen LogP contribution in [0.1, 0.15) is 88.5 Å². The highest BCUT2D eigenvalue weighted by Crippen LogP contribution is 2.44. The fraction of sp³-hybridized carbons (Fsp3) is 0.628. The Bertz CT molecular complexity index is 1820. The molecule has 6 heterocycles.